The van der Waals surface area contributed by atoms with Gasteiger partial charge in [-0.05, 0) is 12.8 Å². The molecule has 1 aromatic rings. The number of imidazole rings is 1. The van der Waals surface area contributed by atoms with E-state index in [0.29, 0.717) is 5.92 Å². The zero-order chi connectivity index (χ0) is 7.72. The number of aryl methyl sites for hydroxylation is 1. The van der Waals surface area contributed by atoms with Crippen LogP contribution in [-0.2, 0) is 0 Å². The summed E-state index contributed by atoms with van der Waals surface area (Å²) in [4.78, 5) is 16.1. The summed E-state index contributed by atoms with van der Waals surface area (Å²) in [6, 6.07) is 0. The van der Waals surface area contributed by atoms with Gasteiger partial charge in [0.25, 0.3) is 0 Å². The summed E-state index contributed by atoms with van der Waals surface area (Å²) in [6.45, 7) is 5.99. The molecule has 3 heteroatoms. The van der Waals surface area contributed by atoms with Gasteiger partial charge in [-0.15, -0.1) is 0 Å². The predicted molar refractivity (Wildman–Crippen MR) is 40.2 cm³/mol. The molecule has 0 aliphatic rings. The standard InChI is InChI=1S/C7H12N2O/c1-4(2)6-5(3)8-7(10)9-6/h4H,1-3H3,(H2,8,9,10). The third-order valence-electron chi connectivity index (χ3n) is 1.53. The first-order valence-corrected chi connectivity index (χ1v) is 3.40. The molecule has 0 spiro atoms. The maximum Gasteiger partial charge on any atom is 0.323 e. The van der Waals surface area contributed by atoms with E-state index < -0.39 is 0 Å². The second-order valence-electron chi connectivity index (χ2n) is 2.77. The molecule has 0 aromatic carbocycles. The van der Waals surface area contributed by atoms with Gasteiger partial charge in [0.2, 0.25) is 0 Å². The lowest BCUT2D eigenvalue weighted by Crippen LogP contribution is -2.01. The van der Waals surface area contributed by atoms with Crippen LogP contribution in [0.25, 0.3) is 0 Å². The smallest absolute Gasteiger partial charge is 0.310 e. The van der Waals surface area contributed by atoms with Crippen LogP contribution in [-0.4, -0.2) is 9.97 Å². The van der Waals surface area contributed by atoms with E-state index in [1.54, 1.807) is 0 Å². The molecule has 56 valence electrons. The normalized spacial score (nSPS) is 10.8. The third kappa shape index (κ3) is 1.12. The Bertz CT molecular complexity index is 269. The number of nitrogens with one attached hydrogen (secondary N) is 2. The largest absolute Gasteiger partial charge is 0.323 e. The summed E-state index contributed by atoms with van der Waals surface area (Å²) in [5.41, 5.74) is 1.84. The average molecular weight is 140 g/mol. The first kappa shape index (κ1) is 7.12. The van der Waals surface area contributed by atoms with Crippen molar-refractivity contribution in [1.82, 2.24) is 9.97 Å². The molecule has 0 unspecified atom stereocenters. The molecule has 0 bridgehead atoms. The van der Waals surface area contributed by atoms with Gasteiger partial charge in [0.1, 0.15) is 0 Å². The molecule has 0 amide bonds. The molecule has 0 fully saturated rings. The lowest BCUT2D eigenvalue weighted by Gasteiger charge is -2.00. The Hall–Kier alpha value is -0.990. The van der Waals surface area contributed by atoms with Crippen molar-refractivity contribution in [3.63, 3.8) is 0 Å². The molecule has 0 radical (unpaired) electrons. The van der Waals surface area contributed by atoms with E-state index in [-0.39, 0.29) is 5.69 Å². The summed E-state index contributed by atoms with van der Waals surface area (Å²) in [5.74, 6) is 0.388. The third-order valence-corrected chi connectivity index (χ3v) is 1.53. The van der Waals surface area contributed by atoms with Crippen LogP contribution in [0.3, 0.4) is 0 Å². The first-order chi connectivity index (χ1) is 4.61. The quantitative estimate of drug-likeness (QED) is 0.603. The maximum atomic E-state index is 10.7. The van der Waals surface area contributed by atoms with Crippen molar-refractivity contribution in [3.05, 3.63) is 21.9 Å². The molecule has 0 saturated carbocycles. The minimum atomic E-state index is -0.110. The number of hydrogen-bond donors (Lipinski definition) is 2. The Morgan fingerprint density at radius 2 is 1.90 bits per heavy atom. The number of aromatic nitrogens is 2. The van der Waals surface area contributed by atoms with Gasteiger partial charge in [0.05, 0.1) is 0 Å². The van der Waals surface area contributed by atoms with E-state index in [9.17, 15) is 4.79 Å². The van der Waals surface area contributed by atoms with Crippen molar-refractivity contribution >= 4 is 0 Å². The maximum absolute atomic E-state index is 10.7. The van der Waals surface area contributed by atoms with Crippen molar-refractivity contribution in [3.8, 4) is 0 Å². The number of H-pyrrole nitrogens is 2. The second kappa shape index (κ2) is 2.33. The van der Waals surface area contributed by atoms with Gasteiger partial charge < -0.3 is 9.97 Å². The average Bonchev–Trinajstić information content (AvgIpc) is 2.10. The molecular weight excluding hydrogens is 128 g/mol. The van der Waals surface area contributed by atoms with E-state index in [4.69, 9.17) is 0 Å². The highest BCUT2D eigenvalue weighted by Gasteiger charge is 2.04. The van der Waals surface area contributed by atoms with Crippen LogP contribution in [0.1, 0.15) is 31.2 Å². The molecule has 2 N–H and O–H groups in total. The summed E-state index contributed by atoms with van der Waals surface area (Å²) < 4.78 is 0. The van der Waals surface area contributed by atoms with Crippen LogP contribution in [0, 0.1) is 6.92 Å². The van der Waals surface area contributed by atoms with Crippen molar-refractivity contribution in [2.75, 3.05) is 0 Å². The van der Waals surface area contributed by atoms with Crippen LogP contribution in [0.5, 0.6) is 0 Å². The minimum Gasteiger partial charge on any atom is -0.310 e. The number of hydrogen-bond acceptors (Lipinski definition) is 1. The number of rotatable bonds is 1. The van der Waals surface area contributed by atoms with Gasteiger partial charge in [0.15, 0.2) is 0 Å². The van der Waals surface area contributed by atoms with E-state index in [1.807, 2.05) is 20.8 Å². The molecule has 10 heavy (non-hydrogen) atoms. The van der Waals surface area contributed by atoms with Gasteiger partial charge in [-0.2, -0.15) is 0 Å². The molecule has 0 saturated heterocycles. The van der Waals surface area contributed by atoms with Gasteiger partial charge in [-0.25, -0.2) is 4.79 Å². The SMILES string of the molecule is Cc1[nH]c(=O)[nH]c1C(C)C. The fourth-order valence-corrected chi connectivity index (χ4v) is 1.06. The fraction of sp³-hybridized carbons (Fsp3) is 0.571. The van der Waals surface area contributed by atoms with Gasteiger partial charge in [0, 0.05) is 11.4 Å². The van der Waals surface area contributed by atoms with Crippen molar-refractivity contribution in [2.45, 2.75) is 26.7 Å². The Balaban J connectivity index is 3.15. The molecule has 3 nitrogen and oxygen atoms in total. The Kier molecular flexibility index (Phi) is 1.66. The monoisotopic (exact) mass is 140 g/mol. The highest BCUT2D eigenvalue weighted by Crippen LogP contribution is 2.11. The van der Waals surface area contributed by atoms with Crippen molar-refractivity contribution in [2.24, 2.45) is 0 Å². The van der Waals surface area contributed by atoms with Crippen LogP contribution in [0.15, 0.2) is 4.79 Å². The molecule has 1 rings (SSSR count). The Labute approximate surface area is 59.5 Å². The zero-order valence-electron chi connectivity index (χ0n) is 6.49. The summed E-state index contributed by atoms with van der Waals surface area (Å²) in [7, 11) is 0. The fourth-order valence-electron chi connectivity index (χ4n) is 1.06. The molecule has 1 heterocycles. The van der Waals surface area contributed by atoms with Gasteiger partial charge in [-0.3, -0.25) is 0 Å². The molecule has 0 atom stereocenters. The van der Waals surface area contributed by atoms with Crippen LogP contribution >= 0.6 is 0 Å². The van der Waals surface area contributed by atoms with Crippen molar-refractivity contribution < 1.29 is 0 Å². The van der Waals surface area contributed by atoms with Crippen LogP contribution in [0.4, 0.5) is 0 Å². The van der Waals surface area contributed by atoms with E-state index >= 15 is 0 Å². The van der Waals surface area contributed by atoms with Gasteiger partial charge >= 0.3 is 5.69 Å². The summed E-state index contributed by atoms with van der Waals surface area (Å²) >= 11 is 0. The van der Waals surface area contributed by atoms with E-state index in [2.05, 4.69) is 9.97 Å². The second-order valence-corrected chi connectivity index (χ2v) is 2.77. The highest BCUT2D eigenvalue weighted by atomic mass is 16.1. The zero-order valence-corrected chi connectivity index (χ0v) is 6.49. The molecule has 1 aromatic heterocycles. The van der Waals surface area contributed by atoms with Gasteiger partial charge in [-0.1, -0.05) is 13.8 Å². The molecule has 0 aliphatic carbocycles. The number of aromatic amines is 2. The van der Waals surface area contributed by atoms with E-state index in [0.717, 1.165) is 11.4 Å². The lowest BCUT2D eigenvalue weighted by atomic mass is 10.1. The summed E-state index contributed by atoms with van der Waals surface area (Å²) in [5, 5.41) is 0. The highest BCUT2D eigenvalue weighted by molar-refractivity contribution is 5.12. The minimum absolute atomic E-state index is 0.110. The Morgan fingerprint density at radius 1 is 1.30 bits per heavy atom. The van der Waals surface area contributed by atoms with Crippen LogP contribution < -0.4 is 5.69 Å². The summed E-state index contributed by atoms with van der Waals surface area (Å²) in [6.07, 6.45) is 0. The first-order valence-electron chi connectivity index (χ1n) is 3.40. The predicted octanol–water partition coefficient (Wildman–Crippen LogP) is 1.13. The molecule has 0 aliphatic heterocycles. The lowest BCUT2D eigenvalue weighted by molar-refractivity contribution is 0.820. The molecular formula is C7H12N2O. The van der Waals surface area contributed by atoms with Crippen molar-refractivity contribution in [1.29, 1.82) is 0 Å². The van der Waals surface area contributed by atoms with E-state index in [1.165, 1.54) is 0 Å². The Morgan fingerprint density at radius 3 is 2.10 bits per heavy atom. The topological polar surface area (TPSA) is 48.6 Å². The van der Waals surface area contributed by atoms with Crippen LogP contribution in [0.2, 0.25) is 0 Å².